The highest BCUT2D eigenvalue weighted by Gasteiger charge is 2.35. The SMILES string of the molecule is CC1(C)CCc2[nH]c(=O)c(C(N)=O)cc2C1=O. The number of nitrogens with one attached hydrogen (secondary N) is 1. The Morgan fingerprint density at radius 2 is 2.06 bits per heavy atom. The van der Waals surface area contributed by atoms with E-state index >= 15 is 0 Å². The van der Waals surface area contributed by atoms with Crippen LogP contribution in [0.2, 0.25) is 0 Å². The normalized spacial score (nSPS) is 17.6. The number of hydrogen-bond acceptors (Lipinski definition) is 3. The van der Waals surface area contributed by atoms with Gasteiger partial charge in [-0.15, -0.1) is 0 Å². The van der Waals surface area contributed by atoms with Crippen molar-refractivity contribution in [3.05, 3.63) is 33.2 Å². The molecule has 5 nitrogen and oxygen atoms in total. The van der Waals surface area contributed by atoms with Crippen LogP contribution in [0.1, 0.15) is 46.7 Å². The van der Waals surface area contributed by atoms with Crippen molar-refractivity contribution in [3.63, 3.8) is 0 Å². The summed E-state index contributed by atoms with van der Waals surface area (Å²) in [6.07, 6.45) is 1.31. The first-order valence-corrected chi connectivity index (χ1v) is 5.44. The van der Waals surface area contributed by atoms with Crippen molar-refractivity contribution in [2.24, 2.45) is 11.1 Å². The van der Waals surface area contributed by atoms with Gasteiger partial charge in [-0.05, 0) is 18.9 Å². The van der Waals surface area contributed by atoms with E-state index in [0.29, 0.717) is 24.1 Å². The lowest BCUT2D eigenvalue weighted by molar-refractivity contribution is 0.0809. The van der Waals surface area contributed by atoms with Gasteiger partial charge in [-0.3, -0.25) is 14.4 Å². The number of carbonyl (C=O) groups is 2. The van der Waals surface area contributed by atoms with E-state index in [1.807, 2.05) is 13.8 Å². The molecule has 0 saturated heterocycles. The van der Waals surface area contributed by atoms with Gasteiger partial charge < -0.3 is 10.7 Å². The molecule has 1 amide bonds. The summed E-state index contributed by atoms with van der Waals surface area (Å²) < 4.78 is 0. The number of aromatic nitrogens is 1. The molecule has 1 aliphatic carbocycles. The lowest BCUT2D eigenvalue weighted by Crippen LogP contribution is -2.34. The van der Waals surface area contributed by atoms with Crippen LogP contribution in [0.5, 0.6) is 0 Å². The maximum Gasteiger partial charge on any atom is 0.261 e. The summed E-state index contributed by atoms with van der Waals surface area (Å²) in [4.78, 5) is 37.3. The fourth-order valence-electron chi connectivity index (χ4n) is 2.07. The van der Waals surface area contributed by atoms with Gasteiger partial charge in [-0.25, -0.2) is 0 Å². The van der Waals surface area contributed by atoms with Crippen LogP contribution in [0.3, 0.4) is 0 Å². The third-order valence-electron chi connectivity index (χ3n) is 3.25. The zero-order valence-corrected chi connectivity index (χ0v) is 9.79. The number of pyridine rings is 1. The molecule has 5 heteroatoms. The van der Waals surface area contributed by atoms with Gasteiger partial charge in [0.15, 0.2) is 5.78 Å². The molecule has 0 radical (unpaired) electrons. The zero-order valence-electron chi connectivity index (χ0n) is 9.79. The minimum Gasteiger partial charge on any atom is -0.365 e. The van der Waals surface area contributed by atoms with Gasteiger partial charge in [0.1, 0.15) is 5.56 Å². The lowest BCUT2D eigenvalue weighted by atomic mass is 9.74. The quantitative estimate of drug-likeness (QED) is 0.746. The van der Waals surface area contributed by atoms with Crippen LogP contribution in [0.15, 0.2) is 10.9 Å². The van der Waals surface area contributed by atoms with E-state index in [0.717, 1.165) is 0 Å². The Morgan fingerprint density at radius 3 is 2.65 bits per heavy atom. The number of Topliss-reactive ketones (excluding diaryl/α,β-unsaturated/α-hetero) is 1. The largest absolute Gasteiger partial charge is 0.365 e. The molecule has 0 aromatic carbocycles. The predicted molar refractivity (Wildman–Crippen MR) is 62.0 cm³/mol. The summed E-state index contributed by atoms with van der Waals surface area (Å²) in [6, 6.07) is 1.32. The average molecular weight is 234 g/mol. The maximum absolute atomic E-state index is 12.2. The van der Waals surface area contributed by atoms with Gasteiger partial charge in [-0.2, -0.15) is 0 Å². The number of aromatic amines is 1. The molecule has 1 heterocycles. The Hall–Kier alpha value is -1.91. The topological polar surface area (TPSA) is 93.0 Å². The first-order valence-electron chi connectivity index (χ1n) is 5.44. The van der Waals surface area contributed by atoms with Crippen molar-refractivity contribution in [2.45, 2.75) is 26.7 Å². The van der Waals surface area contributed by atoms with Gasteiger partial charge in [0.05, 0.1) is 0 Å². The Labute approximate surface area is 98.0 Å². The molecule has 0 spiro atoms. The summed E-state index contributed by atoms with van der Waals surface area (Å²) in [7, 11) is 0. The molecular weight excluding hydrogens is 220 g/mol. The molecule has 2 rings (SSSR count). The second-order valence-corrected chi connectivity index (χ2v) is 4.98. The van der Waals surface area contributed by atoms with Gasteiger partial charge >= 0.3 is 0 Å². The maximum atomic E-state index is 12.2. The smallest absolute Gasteiger partial charge is 0.261 e. The minimum atomic E-state index is -0.815. The van der Waals surface area contributed by atoms with Crippen molar-refractivity contribution >= 4 is 11.7 Å². The minimum absolute atomic E-state index is 0.0579. The van der Waals surface area contributed by atoms with Crippen LogP contribution < -0.4 is 11.3 Å². The molecule has 0 atom stereocenters. The molecule has 0 bridgehead atoms. The molecule has 1 aromatic heterocycles. The van der Waals surface area contributed by atoms with Crippen LogP contribution in [0.4, 0.5) is 0 Å². The fourth-order valence-corrected chi connectivity index (χ4v) is 2.07. The summed E-state index contributed by atoms with van der Waals surface area (Å²) in [6.45, 7) is 3.71. The van der Waals surface area contributed by atoms with Gasteiger partial charge in [0, 0.05) is 16.7 Å². The molecule has 3 N–H and O–H groups in total. The summed E-state index contributed by atoms with van der Waals surface area (Å²) in [5, 5.41) is 0. The monoisotopic (exact) mass is 234 g/mol. The molecule has 17 heavy (non-hydrogen) atoms. The number of hydrogen-bond donors (Lipinski definition) is 2. The van der Waals surface area contributed by atoms with Crippen LogP contribution in [0.25, 0.3) is 0 Å². The third kappa shape index (κ3) is 1.77. The van der Waals surface area contributed by atoms with E-state index < -0.39 is 16.9 Å². The molecule has 0 saturated carbocycles. The zero-order chi connectivity index (χ0) is 12.8. The first-order chi connectivity index (χ1) is 7.83. The second-order valence-electron chi connectivity index (χ2n) is 4.98. The highest BCUT2D eigenvalue weighted by Crippen LogP contribution is 2.33. The highest BCUT2D eigenvalue weighted by molar-refractivity contribution is 6.04. The fraction of sp³-hybridized carbons (Fsp3) is 0.417. The lowest BCUT2D eigenvalue weighted by Gasteiger charge is -2.29. The number of carbonyl (C=O) groups excluding carboxylic acids is 2. The number of rotatable bonds is 1. The number of amides is 1. The Balaban J connectivity index is 2.65. The number of primary amides is 1. The highest BCUT2D eigenvalue weighted by atomic mass is 16.2. The Morgan fingerprint density at radius 1 is 1.41 bits per heavy atom. The summed E-state index contributed by atoms with van der Waals surface area (Å²) >= 11 is 0. The van der Waals surface area contributed by atoms with Gasteiger partial charge in [-0.1, -0.05) is 13.8 Å². The van der Waals surface area contributed by atoms with E-state index in [1.54, 1.807) is 0 Å². The van der Waals surface area contributed by atoms with E-state index in [1.165, 1.54) is 6.07 Å². The number of aryl methyl sites for hydroxylation is 1. The summed E-state index contributed by atoms with van der Waals surface area (Å²) in [5.41, 5.74) is 4.96. The van der Waals surface area contributed by atoms with Crippen molar-refractivity contribution in [2.75, 3.05) is 0 Å². The third-order valence-corrected chi connectivity index (χ3v) is 3.25. The van der Waals surface area contributed by atoms with Crippen LogP contribution in [0, 0.1) is 5.41 Å². The van der Waals surface area contributed by atoms with Crippen molar-refractivity contribution in [3.8, 4) is 0 Å². The van der Waals surface area contributed by atoms with E-state index in [2.05, 4.69) is 4.98 Å². The Bertz CT molecular complexity index is 570. The van der Waals surface area contributed by atoms with Crippen LogP contribution in [-0.4, -0.2) is 16.7 Å². The number of ketones is 1. The van der Waals surface area contributed by atoms with Crippen molar-refractivity contribution in [1.82, 2.24) is 4.98 Å². The van der Waals surface area contributed by atoms with Crippen LogP contribution in [-0.2, 0) is 6.42 Å². The number of nitrogens with two attached hydrogens (primary N) is 1. The molecule has 1 aromatic rings. The van der Waals surface area contributed by atoms with Crippen molar-refractivity contribution in [1.29, 1.82) is 0 Å². The first kappa shape index (κ1) is 11.6. The molecule has 1 aliphatic rings. The van der Waals surface area contributed by atoms with Crippen LogP contribution >= 0.6 is 0 Å². The second kappa shape index (κ2) is 3.55. The molecular formula is C12H14N2O3. The molecule has 0 fully saturated rings. The molecule has 90 valence electrons. The summed E-state index contributed by atoms with van der Waals surface area (Å²) in [5.74, 6) is -0.872. The number of H-pyrrole nitrogens is 1. The van der Waals surface area contributed by atoms with E-state index in [4.69, 9.17) is 5.73 Å². The Kier molecular flexibility index (Phi) is 2.41. The standard InChI is InChI=1S/C12H14N2O3/c1-12(2)4-3-8-6(9(12)15)5-7(10(13)16)11(17)14-8/h5H,3-4H2,1-2H3,(H2,13,16)(H,14,17). The van der Waals surface area contributed by atoms with Crippen molar-refractivity contribution < 1.29 is 9.59 Å². The molecule has 0 unspecified atom stereocenters. The average Bonchev–Trinajstić information content (AvgIpc) is 2.23. The number of fused-ring (bicyclic) bond motifs is 1. The van der Waals surface area contributed by atoms with E-state index in [-0.39, 0.29) is 11.3 Å². The van der Waals surface area contributed by atoms with E-state index in [9.17, 15) is 14.4 Å². The molecule has 0 aliphatic heterocycles. The van der Waals surface area contributed by atoms with Gasteiger partial charge in [0.2, 0.25) is 0 Å². The van der Waals surface area contributed by atoms with Gasteiger partial charge in [0.25, 0.3) is 11.5 Å². The predicted octanol–water partition coefficient (Wildman–Crippen LogP) is 0.629.